The summed E-state index contributed by atoms with van der Waals surface area (Å²) >= 11 is 1.56. The normalized spacial score (nSPS) is 13.9. The summed E-state index contributed by atoms with van der Waals surface area (Å²) in [4.78, 5) is 19.8. The SMILES string of the molecule is CCOC(=O)C(C)(N)CCCSc1ncccn1. The van der Waals surface area contributed by atoms with Gasteiger partial charge in [0.1, 0.15) is 5.54 Å². The molecule has 0 saturated heterocycles. The third-order valence-electron chi connectivity index (χ3n) is 2.36. The van der Waals surface area contributed by atoms with E-state index in [1.165, 1.54) is 0 Å². The number of rotatable bonds is 7. The molecule has 18 heavy (non-hydrogen) atoms. The van der Waals surface area contributed by atoms with E-state index in [1.807, 2.05) is 0 Å². The van der Waals surface area contributed by atoms with E-state index in [0.29, 0.717) is 13.0 Å². The average Bonchev–Trinajstić information content (AvgIpc) is 2.36. The minimum Gasteiger partial charge on any atom is -0.465 e. The van der Waals surface area contributed by atoms with Crippen molar-refractivity contribution in [1.29, 1.82) is 0 Å². The molecule has 0 saturated carbocycles. The molecule has 1 atom stereocenters. The van der Waals surface area contributed by atoms with Crippen molar-refractivity contribution in [3.63, 3.8) is 0 Å². The molecule has 0 radical (unpaired) electrons. The van der Waals surface area contributed by atoms with Crippen LogP contribution < -0.4 is 5.73 Å². The van der Waals surface area contributed by atoms with Crippen LogP contribution >= 0.6 is 11.8 Å². The van der Waals surface area contributed by atoms with Crippen molar-refractivity contribution in [2.75, 3.05) is 12.4 Å². The van der Waals surface area contributed by atoms with E-state index >= 15 is 0 Å². The van der Waals surface area contributed by atoms with Gasteiger partial charge in [0.15, 0.2) is 5.16 Å². The molecule has 0 bridgehead atoms. The van der Waals surface area contributed by atoms with Gasteiger partial charge in [0.25, 0.3) is 0 Å². The molecular weight excluding hydrogens is 250 g/mol. The maximum Gasteiger partial charge on any atom is 0.325 e. The highest BCUT2D eigenvalue weighted by molar-refractivity contribution is 7.99. The van der Waals surface area contributed by atoms with Crippen LogP contribution in [-0.4, -0.2) is 33.8 Å². The van der Waals surface area contributed by atoms with Crippen LogP contribution in [-0.2, 0) is 9.53 Å². The summed E-state index contributed by atoms with van der Waals surface area (Å²) in [5.74, 6) is 0.488. The number of thioether (sulfide) groups is 1. The molecule has 0 aliphatic rings. The molecule has 0 aromatic carbocycles. The molecule has 0 aliphatic carbocycles. The quantitative estimate of drug-likeness (QED) is 0.351. The fourth-order valence-corrected chi connectivity index (χ4v) is 2.10. The first-order valence-corrected chi connectivity index (χ1v) is 6.90. The number of hydrogen-bond acceptors (Lipinski definition) is 6. The van der Waals surface area contributed by atoms with Crippen molar-refractivity contribution in [2.24, 2.45) is 5.73 Å². The second-order valence-electron chi connectivity index (χ2n) is 4.12. The number of hydrogen-bond donors (Lipinski definition) is 1. The second-order valence-corrected chi connectivity index (χ2v) is 5.18. The highest BCUT2D eigenvalue weighted by Crippen LogP contribution is 2.17. The van der Waals surface area contributed by atoms with E-state index in [9.17, 15) is 4.79 Å². The van der Waals surface area contributed by atoms with E-state index in [1.54, 1.807) is 44.1 Å². The Balaban J connectivity index is 2.27. The van der Waals surface area contributed by atoms with Crippen LogP contribution in [0.4, 0.5) is 0 Å². The molecular formula is C12H19N3O2S. The molecule has 100 valence electrons. The van der Waals surface area contributed by atoms with Crippen LogP contribution in [0.5, 0.6) is 0 Å². The van der Waals surface area contributed by atoms with Crippen LogP contribution in [0.2, 0.25) is 0 Å². The van der Waals surface area contributed by atoms with Gasteiger partial charge in [0.05, 0.1) is 6.61 Å². The molecule has 1 unspecified atom stereocenters. The fourth-order valence-electron chi connectivity index (χ4n) is 1.36. The number of esters is 1. The number of ether oxygens (including phenoxy) is 1. The summed E-state index contributed by atoms with van der Waals surface area (Å²) in [5.41, 5.74) is 5.00. The van der Waals surface area contributed by atoms with Crippen molar-refractivity contribution in [3.8, 4) is 0 Å². The Kier molecular flexibility index (Phi) is 6.07. The lowest BCUT2D eigenvalue weighted by molar-refractivity contribution is -0.149. The minimum atomic E-state index is -0.909. The van der Waals surface area contributed by atoms with Crippen LogP contribution in [0.1, 0.15) is 26.7 Å². The van der Waals surface area contributed by atoms with Gasteiger partial charge in [-0.2, -0.15) is 0 Å². The van der Waals surface area contributed by atoms with Gasteiger partial charge in [0, 0.05) is 18.1 Å². The average molecular weight is 269 g/mol. The van der Waals surface area contributed by atoms with E-state index in [2.05, 4.69) is 9.97 Å². The van der Waals surface area contributed by atoms with Crippen LogP contribution in [0, 0.1) is 0 Å². The predicted octanol–water partition coefficient (Wildman–Crippen LogP) is 1.63. The molecule has 0 fully saturated rings. The van der Waals surface area contributed by atoms with E-state index in [-0.39, 0.29) is 5.97 Å². The molecule has 6 heteroatoms. The van der Waals surface area contributed by atoms with Crippen LogP contribution in [0.25, 0.3) is 0 Å². The van der Waals surface area contributed by atoms with Crippen LogP contribution in [0.3, 0.4) is 0 Å². The van der Waals surface area contributed by atoms with Gasteiger partial charge < -0.3 is 10.5 Å². The molecule has 1 aromatic rings. The van der Waals surface area contributed by atoms with Crippen molar-refractivity contribution >= 4 is 17.7 Å². The zero-order valence-electron chi connectivity index (χ0n) is 10.8. The Labute approximate surface area is 112 Å². The summed E-state index contributed by atoms with van der Waals surface area (Å²) in [7, 11) is 0. The maximum atomic E-state index is 11.6. The zero-order chi connectivity index (χ0) is 13.4. The lowest BCUT2D eigenvalue weighted by atomic mass is 9.98. The summed E-state index contributed by atoms with van der Waals surface area (Å²) < 4.78 is 4.93. The van der Waals surface area contributed by atoms with Crippen molar-refractivity contribution in [3.05, 3.63) is 18.5 Å². The molecule has 1 rings (SSSR count). The number of nitrogens with two attached hydrogens (primary N) is 1. The predicted molar refractivity (Wildman–Crippen MR) is 71.2 cm³/mol. The Morgan fingerprint density at radius 3 is 2.78 bits per heavy atom. The Morgan fingerprint density at radius 1 is 1.50 bits per heavy atom. The maximum absolute atomic E-state index is 11.6. The summed E-state index contributed by atoms with van der Waals surface area (Å²) in [6.45, 7) is 3.84. The third kappa shape index (κ3) is 5.01. The van der Waals surface area contributed by atoms with Gasteiger partial charge in [-0.15, -0.1) is 0 Å². The highest BCUT2D eigenvalue weighted by Gasteiger charge is 2.29. The van der Waals surface area contributed by atoms with Gasteiger partial charge in [-0.1, -0.05) is 11.8 Å². The van der Waals surface area contributed by atoms with Gasteiger partial charge in [0.2, 0.25) is 0 Å². The van der Waals surface area contributed by atoms with Gasteiger partial charge in [-0.3, -0.25) is 4.79 Å². The van der Waals surface area contributed by atoms with Gasteiger partial charge in [-0.25, -0.2) is 9.97 Å². The van der Waals surface area contributed by atoms with Crippen LogP contribution in [0.15, 0.2) is 23.6 Å². The minimum absolute atomic E-state index is 0.342. The van der Waals surface area contributed by atoms with Gasteiger partial charge >= 0.3 is 5.97 Å². The monoisotopic (exact) mass is 269 g/mol. The summed E-state index contributed by atoms with van der Waals surface area (Å²) in [6.07, 6.45) is 4.82. The molecule has 5 nitrogen and oxygen atoms in total. The standard InChI is InChI=1S/C12H19N3O2S/c1-3-17-10(16)12(2,13)6-4-9-18-11-14-7-5-8-15-11/h5,7-8H,3-4,6,9,13H2,1-2H3. The first-order valence-electron chi connectivity index (χ1n) is 5.92. The molecule has 0 amide bonds. The molecule has 2 N–H and O–H groups in total. The molecule has 1 aromatic heterocycles. The van der Waals surface area contributed by atoms with Crippen molar-refractivity contribution < 1.29 is 9.53 Å². The first kappa shape index (κ1) is 14.9. The highest BCUT2D eigenvalue weighted by atomic mass is 32.2. The second kappa shape index (κ2) is 7.33. The van der Waals surface area contributed by atoms with Gasteiger partial charge in [-0.05, 0) is 32.8 Å². The third-order valence-corrected chi connectivity index (χ3v) is 3.32. The topological polar surface area (TPSA) is 78.1 Å². The Hall–Kier alpha value is -1.14. The van der Waals surface area contributed by atoms with Crippen molar-refractivity contribution in [1.82, 2.24) is 9.97 Å². The number of carbonyl (C=O) groups excluding carboxylic acids is 1. The van der Waals surface area contributed by atoms with E-state index in [4.69, 9.17) is 10.5 Å². The number of nitrogens with zero attached hydrogens (tertiary/aromatic N) is 2. The number of carbonyl (C=O) groups is 1. The number of aromatic nitrogens is 2. The van der Waals surface area contributed by atoms with E-state index in [0.717, 1.165) is 17.3 Å². The lowest BCUT2D eigenvalue weighted by Gasteiger charge is -2.21. The summed E-state index contributed by atoms with van der Waals surface area (Å²) in [5, 5.41) is 0.743. The zero-order valence-corrected chi connectivity index (χ0v) is 11.6. The molecule has 1 heterocycles. The lowest BCUT2D eigenvalue weighted by Crippen LogP contribution is -2.46. The van der Waals surface area contributed by atoms with Crippen molar-refractivity contribution in [2.45, 2.75) is 37.4 Å². The summed E-state index contributed by atoms with van der Waals surface area (Å²) in [6, 6.07) is 1.78. The first-order chi connectivity index (χ1) is 8.56. The molecule has 0 spiro atoms. The Morgan fingerprint density at radius 2 is 2.17 bits per heavy atom. The van der Waals surface area contributed by atoms with E-state index < -0.39 is 5.54 Å². The Bertz CT molecular complexity index is 371. The fraction of sp³-hybridized carbons (Fsp3) is 0.583. The molecule has 0 aliphatic heterocycles. The smallest absolute Gasteiger partial charge is 0.325 e. The largest absolute Gasteiger partial charge is 0.465 e.